The Morgan fingerprint density at radius 2 is 2.00 bits per heavy atom. The van der Waals surface area contributed by atoms with E-state index in [4.69, 9.17) is 5.73 Å². The predicted molar refractivity (Wildman–Crippen MR) is 83.7 cm³/mol. The monoisotopic (exact) mass is 354 g/mol. The van der Waals surface area contributed by atoms with Crippen LogP contribution < -0.4 is 11.1 Å². The van der Waals surface area contributed by atoms with E-state index in [1.54, 1.807) is 23.1 Å². The average Bonchev–Trinajstić information content (AvgIpc) is 2.78. The largest absolute Gasteiger partial charge is 0.324 e. The fourth-order valence-corrected chi connectivity index (χ4v) is 4.84. The van der Waals surface area contributed by atoms with Crippen molar-refractivity contribution in [3.8, 4) is 0 Å². The summed E-state index contributed by atoms with van der Waals surface area (Å²) in [5.41, 5.74) is 6.94. The number of rotatable bonds is 1. The first kappa shape index (κ1) is 13.2. The van der Waals surface area contributed by atoms with Gasteiger partial charge >= 0.3 is 0 Å². The molecule has 6 heteroatoms. The van der Waals surface area contributed by atoms with Gasteiger partial charge in [0.25, 0.3) is 0 Å². The smallest absolute Gasteiger partial charge is 0.242 e. The Balaban J connectivity index is 2.02. The summed E-state index contributed by atoms with van der Waals surface area (Å²) in [5, 5.41) is 2.83. The van der Waals surface area contributed by atoms with Crippen molar-refractivity contribution >= 4 is 50.6 Å². The molecule has 3 nitrogen and oxygen atoms in total. The summed E-state index contributed by atoms with van der Waals surface area (Å²) in [6.07, 6.45) is 0. The van der Waals surface area contributed by atoms with Gasteiger partial charge in [-0.15, -0.1) is 23.1 Å². The Labute approximate surface area is 127 Å². The van der Waals surface area contributed by atoms with Gasteiger partial charge in [0.05, 0.1) is 14.7 Å². The highest BCUT2D eigenvalue weighted by Crippen LogP contribution is 2.45. The molecule has 1 amide bonds. The van der Waals surface area contributed by atoms with Crippen LogP contribution in [0.5, 0.6) is 0 Å². The minimum atomic E-state index is -0.553. The zero-order valence-corrected chi connectivity index (χ0v) is 13.0. The average molecular weight is 355 g/mol. The number of anilines is 1. The van der Waals surface area contributed by atoms with Gasteiger partial charge in [0.15, 0.2) is 0 Å². The third-order valence-electron chi connectivity index (χ3n) is 2.90. The second-order valence-corrected chi connectivity index (χ2v) is 7.87. The van der Waals surface area contributed by atoms with Crippen LogP contribution in [0, 0.1) is 0 Å². The molecule has 2 atom stereocenters. The number of amides is 1. The summed E-state index contributed by atoms with van der Waals surface area (Å²) < 4.78 is 1.05. The number of benzene rings is 1. The lowest BCUT2D eigenvalue weighted by Gasteiger charge is -2.17. The van der Waals surface area contributed by atoms with Crippen LogP contribution in [0.3, 0.4) is 0 Å². The van der Waals surface area contributed by atoms with Gasteiger partial charge in [-0.3, -0.25) is 4.79 Å². The summed E-state index contributed by atoms with van der Waals surface area (Å²) in [4.78, 5) is 14.3. The molecule has 98 valence electrons. The zero-order valence-electron chi connectivity index (χ0n) is 9.80. The van der Waals surface area contributed by atoms with E-state index in [0.29, 0.717) is 0 Å². The molecule has 2 unspecified atom stereocenters. The van der Waals surface area contributed by atoms with Gasteiger partial charge in [0, 0.05) is 9.77 Å². The number of carbonyl (C=O) groups is 1. The third kappa shape index (κ3) is 2.58. The number of hydrogen-bond donors (Lipinski definition) is 2. The lowest BCUT2D eigenvalue weighted by Crippen LogP contribution is -2.38. The van der Waals surface area contributed by atoms with Gasteiger partial charge in [-0.25, -0.2) is 0 Å². The van der Waals surface area contributed by atoms with Crippen LogP contribution >= 0.6 is 39.0 Å². The number of para-hydroxylation sites is 1. The highest BCUT2D eigenvalue weighted by molar-refractivity contribution is 9.11. The van der Waals surface area contributed by atoms with E-state index in [1.165, 1.54) is 0 Å². The Morgan fingerprint density at radius 1 is 1.21 bits per heavy atom. The first-order chi connectivity index (χ1) is 9.15. The molecular formula is C13H11BrN2OS2. The van der Waals surface area contributed by atoms with Crippen LogP contribution in [0.1, 0.15) is 10.1 Å². The fraction of sp³-hybridized carbons (Fsp3) is 0.154. The van der Waals surface area contributed by atoms with Crippen LogP contribution in [0.2, 0.25) is 0 Å². The first-order valence-electron chi connectivity index (χ1n) is 5.72. The topological polar surface area (TPSA) is 55.1 Å². The maximum Gasteiger partial charge on any atom is 0.242 e. The second-order valence-electron chi connectivity index (χ2n) is 4.19. The molecule has 0 saturated carbocycles. The second kappa shape index (κ2) is 5.28. The summed E-state index contributed by atoms with van der Waals surface area (Å²) in [6.45, 7) is 0. The van der Waals surface area contributed by atoms with Gasteiger partial charge in [0.1, 0.15) is 6.04 Å². The maximum atomic E-state index is 12.1. The number of hydrogen-bond acceptors (Lipinski definition) is 4. The van der Waals surface area contributed by atoms with E-state index in [9.17, 15) is 4.79 Å². The zero-order chi connectivity index (χ0) is 13.4. The van der Waals surface area contributed by atoms with Gasteiger partial charge in [-0.05, 0) is 40.2 Å². The van der Waals surface area contributed by atoms with Crippen LogP contribution in [0.4, 0.5) is 5.69 Å². The quantitative estimate of drug-likeness (QED) is 0.822. The number of fused-ring (bicyclic) bond motifs is 1. The fourth-order valence-electron chi connectivity index (χ4n) is 1.95. The van der Waals surface area contributed by atoms with E-state index in [0.717, 1.165) is 19.2 Å². The Morgan fingerprint density at radius 3 is 2.74 bits per heavy atom. The molecule has 2 heterocycles. The summed E-state index contributed by atoms with van der Waals surface area (Å²) in [7, 11) is 0. The molecule has 19 heavy (non-hydrogen) atoms. The number of thioether (sulfide) groups is 1. The van der Waals surface area contributed by atoms with Crippen LogP contribution in [-0.4, -0.2) is 11.9 Å². The molecule has 0 fully saturated rings. The van der Waals surface area contributed by atoms with Crippen molar-refractivity contribution in [2.24, 2.45) is 5.73 Å². The molecule has 3 N–H and O–H groups in total. The molecule has 3 rings (SSSR count). The summed E-state index contributed by atoms with van der Waals surface area (Å²) in [5.74, 6) is -0.132. The Bertz CT molecular complexity index is 629. The molecule has 0 spiro atoms. The van der Waals surface area contributed by atoms with E-state index < -0.39 is 6.04 Å². The van der Waals surface area contributed by atoms with Gasteiger partial charge in [-0.1, -0.05) is 12.1 Å². The number of carbonyl (C=O) groups excluding carboxylic acids is 1. The van der Waals surface area contributed by atoms with E-state index in [-0.39, 0.29) is 11.2 Å². The SMILES string of the molecule is NC1C(=O)Nc2ccccc2SC1c1ccc(Br)s1. The highest BCUT2D eigenvalue weighted by atomic mass is 79.9. The van der Waals surface area contributed by atoms with Crippen LogP contribution in [0.15, 0.2) is 45.1 Å². The first-order valence-corrected chi connectivity index (χ1v) is 8.21. The summed E-state index contributed by atoms with van der Waals surface area (Å²) in [6, 6.07) is 11.2. The molecule has 0 aliphatic carbocycles. The molecule has 1 aliphatic heterocycles. The predicted octanol–water partition coefficient (Wildman–Crippen LogP) is 3.62. The van der Waals surface area contributed by atoms with Crippen LogP contribution in [-0.2, 0) is 4.79 Å². The molecule has 0 saturated heterocycles. The third-order valence-corrected chi connectivity index (χ3v) is 6.17. The highest BCUT2D eigenvalue weighted by Gasteiger charge is 2.32. The van der Waals surface area contributed by atoms with Crippen molar-refractivity contribution in [1.82, 2.24) is 0 Å². The van der Waals surface area contributed by atoms with Crippen molar-refractivity contribution in [2.45, 2.75) is 16.2 Å². The number of halogens is 1. The van der Waals surface area contributed by atoms with Gasteiger partial charge < -0.3 is 11.1 Å². The normalized spacial score (nSPS) is 22.5. The lowest BCUT2D eigenvalue weighted by atomic mass is 10.1. The summed E-state index contributed by atoms with van der Waals surface area (Å²) >= 11 is 6.71. The molecule has 0 bridgehead atoms. The molecule has 1 aromatic heterocycles. The molecular weight excluding hydrogens is 344 g/mol. The Hall–Kier alpha value is -0.820. The van der Waals surface area contributed by atoms with Crippen molar-refractivity contribution in [3.63, 3.8) is 0 Å². The van der Waals surface area contributed by atoms with E-state index >= 15 is 0 Å². The van der Waals surface area contributed by atoms with Gasteiger partial charge in [0.2, 0.25) is 5.91 Å². The van der Waals surface area contributed by atoms with Gasteiger partial charge in [-0.2, -0.15) is 0 Å². The maximum absolute atomic E-state index is 12.1. The minimum Gasteiger partial charge on any atom is -0.324 e. The molecule has 2 aromatic rings. The van der Waals surface area contributed by atoms with Crippen molar-refractivity contribution in [1.29, 1.82) is 0 Å². The van der Waals surface area contributed by atoms with Crippen molar-refractivity contribution in [3.05, 3.63) is 45.1 Å². The molecule has 1 aliphatic rings. The minimum absolute atomic E-state index is 0.0556. The van der Waals surface area contributed by atoms with Crippen LogP contribution in [0.25, 0.3) is 0 Å². The van der Waals surface area contributed by atoms with Crippen molar-refractivity contribution < 1.29 is 4.79 Å². The Kier molecular flexibility index (Phi) is 3.66. The lowest BCUT2D eigenvalue weighted by molar-refractivity contribution is -0.117. The molecule has 0 radical (unpaired) electrons. The number of nitrogens with two attached hydrogens (primary N) is 1. The van der Waals surface area contributed by atoms with E-state index in [2.05, 4.69) is 21.2 Å². The van der Waals surface area contributed by atoms with Crippen molar-refractivity contribution in [2.75, 3.05) is 5.32 Å². The number of thiophene rings is 1. The van der Waals surface area contributed by atoms with E-state index in [1.807, 2.05) is 36.4 Å². The standard InChI is InChI=1S/C13H11BrN2OS2/c14-10-6-5-9(18-10)12-11(15)13(17)16-7-3-1-2-4-8(7)19-12/h1-6,11-12H,15H2,(H,16,17). The molecule has 1 aromatic carbocycles. The number of nitrogens with one attached hydrogen (secondary N) is 1.